The van der Waals surface area contributed by atoms with Crippen LogP contribution < -0.4 is 0 Å². The Morgan fingerprint density at radius 3 is 2.47 bits per heavy atom. The Balaban J connectivity index is 2.77. The lowest BCUT2D eigenvalue weighted by atomic mass is 10.2. The van der Waals surface area contributed by atoms with Crippen molar-refractivity contribution in [3.63, 3.8) is 0 Å². The van der Waals surface area contributed by atoms with Gasteiger partial charge in [0.05, 0.1) is 6.61 Å². The lowest BCUT2D eigenvalue weighted by Gasteiger charge is -2.36. The molecular formula is C13H22BrNOSi. The minimum Gasteiger partial charge on any atom is -0.413 e. The highest BCUT2D eigenvalue weighted by Gasteiger charge is 2.37. The van der Waals surface area contributed by atoms with Crippen molar-refractivity contribution in [1.82, 2.24) is 4.98 Å². The highest BCUT2D eigenvalue weighted by molar-refractivity contribution is 9.10. The van der Waals surface area contributed by atoms with E-state index in [0.717, 1.165) is 4.60 Å². The molecule has 0 radical (unpaired) electrons. The molecule has 1 heterocycles. The van der Waals surface area contributed by atoms with E-state index in [9.17, 15) is 0 Å². The van der Waals surface area contributed by atoms with Crippen LogP contribution in [0, 0.1) is 6.92 Å². The molecule has 0 aromatic carbocycles. The van der Waals surface area contributed by atoms with Crippen LogP contribution in [-0.4, -0.2) is 13.3 Å². The van der Waals surface area contributed by atoms with Gasteiger partial charge in [0, 0.05) is 6.20 Å². The highest BCUT2D eigenvalue weighted by Crippen LogP contribution is 2.37. The van der Waals surface area contributed by atoms with Gasteiger partial charge >= 0.3 is 0 Å². The lowest BCUT2D eigenvalue weighted by Crippen LogP contribution is -2.40. The van der Waals surface area contributed by atoms with Gasteiger partial charge < -0.3 is 4.43 Å². The maximum absolute atomic E-state index is 6.21. The van der Waals surface area contributed by atoms with E-state index in [0.29, 0.717) is 6.61 Å². The molecule has 1 aromatic rings. The Labute approximate surface area is 114 Å². The van der Waals surface area contributed by atoms with E-state index < -0.39 is 8.32 Å². The number of aryl methyl sites for hydroxylation is 1. The first-order chi connectivity index (χ1) is 7.63. The summed E-state index contributed by atoms with van der Waals surface area (Å²) in [5.74, 6) is 0. The Morgan fingerprint density at radius 1 is 1.35 bits per heavy atom. The first kappa shape index (κ1) is 14.9. The first-order valence-electron chi connectivity index (χ1n) is 5.88. The van der Waals surface area contributed by atoms with E-state index in [1.807, 2.05) is 12.3 Å². The molecule has 1 rings (SSSR count). The van der Waals surface area contributed by atoms with Crippen molar-refractivity contribution in [2.75, 3.05) is 0 Å². The van der Waals surface area contributed by atoms with Gasteiger partial charge in [0.1, 0.15) is 4.60 Å². The number of aromatic nitrogens is 1. The maximum atomic E-state index is 6.21. The second-order valence-electron chi connectivity index (χ2n) is 5.98. The van der Waals surface area contributed by atoms with Crippen LogP contribution in [0.25, 0.3) is 0 Å². The Bertz CT molecular complexity index is 399. The van der Waals surface area contributed by atoms with Gasteiger partial charge in [0.15, 0.2) is 8.32 Å². The summed E-state index contributed by atoms with van der Waals surface area (Å²) in [5, 5.41) is 0.255. The third-order valence-corrected chi connectivity index (χ3v) is 8.49. The molecule has 0 saturated heterocycles. The van der Waals surface area contributed by atoms with Crippen LogP contribution in [0.2, 0.25) is 18.1 Å². The minimum atomic E-state index is -1.66. The molecule has 0 fully saturated rings. The van der Waals surface area contributed by atoms with Crippen LogP contribution in [-0.2, 0) is 11.0 Å². The molecule has 0 aliphatic rings. The predicted octanol–water partition coefficient (Wildman–Crippen LogP) is 4.67. The second-order valence-corrected chi connectivity index (χ2v) is 11.6. The van der Waals surface area contributed by atoms with Crippen LogP contribution in [0.4, 0.5) is 0 Å². The molecule has 0 spiro atoms. The first-order valence-corrected chi connectivity index (χ1v) is 9.58. The normalized spacial score (nSPS) is 12.9. The van der Waals surface area contributed by atoms with E-state index >= 15 is 0 Å². The number of nitrogens with zero attached hydrogens (tertiary/aromatic N) is 1. The van der Waals surface area contributed by atoms with Crippen LogP contribution in [0.15, 0.2) is 16.9 Å². The van der Waals surface area contributed by atoms with Crippen molar-refractivity contribution in [3.05, 3.63) is 28.0 Å². The predicted molar refractivity (Wildman–Crippen MR) is 78.7 cm³/mol. The molecule has 0 N–H and O–H groups in total. The SMILES string of the molecule is Cc1cnc(Br)cc1CO[Si](C)(C)C(C)(C)C. The van der Waals surface area contributed by atoms with E-state index in [1.54, 1.807) is 0 Å². The molecule has 0 bridgehead atoms. The van der Waals surface area contributed by atoms with E-state index in [-0.39, 0.29) is 5.04 Å². The fraction of sp³-hybridized carbons (Fsp3) is 0.615. The van der Waals surface area contributed by atoms with Crippen LogP contribution in [0.1, 0.15) is 31.9 Å². The molecule has 4 heteroatoms. The maximum Gasteiger partial charge on any atom is 0.192 e. The summed E-state index contributed by atoms with van der Waals surface area (Å²) in [4.78, 5) is 4.20. The summed E-state index contributed by atoms with van der Waals surface area (Å²) < 4.78 is 7.08. The molecule has 2 nitrogen and oxygen atoms in total. The average molecular weight is 316 g/mol. The number of hydrogen-bond donors (Lipinski definition) is 0. The summed E-state index contributed by atoms with van der Waals surface area (Å²) in [6.45, 7) is 14.1. The standard InChI is InChI=1S/C13H22BrNOSi/c1-10-8-15-12(14)7-11(10)9-16-17(5,6)13(2,3)4/h7-8H,9H2,1-6H3. The average Bonchev–Trinajstić information content (AvgIpc) is 2.18. The largest absolute Gasteiger partial charge is 0.413 e. The summed E-state index contributed by atoms with van der Waals surface area (Å²) in [6.07, 6.45) is 1.88. The monoisotopic (exact) mass is 315 g/mol. The summed E-state index contributed by atoms with van der Waals surface area (Å²) in [6, 6.07) is 2.04. The fourth-order valence-electron chi connectivity index (χ4n) is 1.17. The van der Waals surface area contributed by atoms with Gasteiger partial charge in [-0.05, 0) is 58.2 Å². The van der Waals surface area contributed by atoms with Crippen molar-refractivity contribution in [2.24, 2.45) is 0 Å². The molecule has 0 unspecified atom stereocenters. The van der Waals surface area contributed by atoms with Gasteiger partial charge in [-0.25, -0.2) is 4.98 Å². The Morgan fingerprint density at radius 2 is 1.94 bits per heavy atom. The van der Waals surface area contributed by atoms with E-state index in [4.69, 9.17) is 4.43 Å². The molecular weight excluding hydrogens is 294 g/mol. The highest BCUT2D eigenvalue weighted by atomic mass is 79.9. The lowest BCUT2D eigenvalue weighted by molar-refractivity contribution is 0.275. The zero-order chi connectivity index (χ0) is 13.3. The smallest absolute Gasteiger partial charge is 0.192 e. The van der Waals surface area contributed by atoms with Gasteiger partial charge in [-0.3, -0.25) is 0 Å². The number of hydrogen-bond acceptors (Lipinski definition) is 2. The fourth-order valence-corrected chi connectivity index (χ4v) is 2.49. The number of pyridine rings is 1. The molecule has 0 atom stereocenters. The number of rotatable bonds is 3. The third kappa shape index (κ3) is 3.90. The molecule has 96 valence electrons. The Hall–Kier alpha value is -0.193. The van der Waals surface area contributed by atoms with Crippen molar-refractivity contribution in [1.29, 1.82) is 0 Å². The van der Waals surface area contributed by atoms with Gasteiger partial charge in [-0.1, -0.05) is 20.8 Å². The van der Waals surface area contributed by atoms with Crippen molar-refractivity contribution >= 4 is 24.2 Å². The molecule has 0 amide bonds. The summed E-state index contributed by atoms with van der Waals surface area (Å²) in [7, 11) is -1.66. The molecule has 17 heavy (non-hydrogen) atoms. The molecule has 0 aliphatic heterocycles. The van der Waals surface area contributed by atoms with Gasteiger partial charge in [0.25, 0.3) is 0 Å². The quantitative estimate of drug-likeness (QED) is 0.597. The third-order valence-electron chi connectivity index (χ3n) is 3.58. The van der Waals surface area contributed by atoms with Gasteiger partial charge in [-0.15, -0.1) is 0 Å². The van der Waals surface area contributed by atoms with E-state index in [1.165, 1.54) is 11.1 Å². The molecule has 1 aromatic heterocycles. The summed E-state index contributed by atoms with van der Waals surface area (Å²) >= 11 is 3.40. The topological polar surface area (TPSA) is 22.1 Å². The van der Waals surface area contributed by atoms with Crippen molar-refractivity contribution in [2.45, 2.75) is 52.4 Å². The van der Waals surface area contributed by atoms with Crippen LogP contribution in [0.5, 0.6) is 0 Å². The number of halogens is 1. The van der Waals surface area contributed by atoms with Crippen molar-refractivity contribution in [3.8, 4) is 0 Å². The van der Waals surface area contributed by atoms with E-state index in [2.05, 4.69) is 61.7 Å². The summed E-state index contributed by atoms with van der Waals surface area (Å²) in [5.41, 5.74) is 2.41. The zero-order valence-electron chi connectivity index (χ0n) is 11.6. The minimum absolute atomic E-state index is 0.255. The molecule has 0 aliphatic carbocycles. The van der Waals surface area contributed by atoms with Crippen molar-refractivity contribution < 1.29 is 4.43 Å². The molecule has 0 saturated carbocycles. The van der Waals surface area contributed by atoms with Gasteiger partial charge in [0.2, 0.25) is 0 Å². The van der Waals surface area contributed by atoms with Crippen LogP contribution >= 0.6 is 15.9 Å². The second kappa shape index (κ2) is 5.20. The van der Waals surface area contributed by atoms with Gasteiger partial charge in [-0.2, -0.15) is 0 Å². The van der Waals surface area contributed by atoms with Crippen LogP contribution in [0.3, 0.4) is 0 Å². The Kier molecular flexibility index (Phi) is 4.55. The zero-order valence-corrected chi connectivity index (χ0v) is 14.2.